The molecule has 0 aliphatic carbocycles. The van der Waals surface area contributed by atoms with E-state index in [1.165, 1.54) is 0 Å². The van der Waals surface area contributed by atoms with Crippen molar-refractivity contribution in [2.24, 2.45) is 5.92 Å². The van der Waals surface area contributed by atoms with Gasteiger partial charge in [-0.1, -0.05) is 50.2 Å². The Morgan fingerprint density at radius 3 is 2.55 bits per heavy atom. The second-order valence-corrected chi connectivity index (χ2v) is 5.36. The molecule has 2 N–H and O–H groups in total. The molecule has 3 heteroatoms. The molecule has 1 unspecified atom stereocenters. The molecule has 1 amide bonds. The van der Waals surface area contributed by atoms with Gasteiger partial charge in [-0.2, -0.15) is 0 Å². The van der Waals surface area contributed by atoms with Gasteiger partial charge in [-0.15, -0.1) is 0 Å². The van der Waals surface area contributed by atoms with Crippen LogP contribution in [0, 0.1) is 5.92 Å². The third kappa shape index (κ3) is 3.17. The minimum atomic E-state index is -0.0750. The quantitative estimate of drug-likeness (QED) is 0.878. The monoisotopic (exact) mass is 271 g/mol. The van der Waals surface area contributed by atoms with Crippen LogP contribution in [0.25, 0.3) is 10.8 Å². The van der Waals surface area contributed by atoms with E-state index in [1.807, 2.05) is 56.3 Å². The van der Waals surface area contributed by atoms with Crippen molar-refractivity contribution in [3.05, 3.63) is 48.0 Å². The molecule has 0 saturated heterocycles. The van der Waals surface area contributed by atoms with Gasteiger partial charge in [0.15, 0.2) is 0 Å². The molecule has 2 aromatic rings. The summed E-state index contributed by atoms with van der Waals surface area (Å²) in [6.07, 6.45) is 0.578. The zero-order chi connectivity index (χ0) is 14.5. The van der Waals surface area contributed by atoms with Gasteiger partial charge < -0.3 is 10.4 Å². The standard InChI is InChI=1S/C17H21NO2/c1-12(2)16(10-11-19)18-17(20)15-9-5-7-13-6-3-4-8-14(13)15/h3-9,12,16,19H,10-11H2,1-2H3,(H,18,20). The van der Waals surface area contributed by atoms with E-state index in [9.17, 15) is 4.79 Å². The Morgan fingerprint density at radius 2 is 1.85 bits per heavy atom. The molecule has 106 valence electrons. The molecule has 0 aromatic heterocycles. The van der Waals surface area contributed by atoms with E-state index in [0.717, 1.165) is 10.8 Å². The first-order valence-corrected chi connectivity index (χ1v) is 7.03. The number of aliphatic hydroxyl groups is 1. The fourth-order valence-corrected chi connectivity index (χ4v) is 2.38. The van der Waals surface area contributed by atoms with E-state index in [1.54, 1.807) is 0 Å². The molecule has 0 heterocycles. The maximum absolute atomic E-state index is 12.5. The van der Waals surface area contributed by atoms with Crippen molar-refractivity contribution in [1.82, 2.24) is 5.32 Å². The second kappa shape index (κ2) is 6.53. The number of amides is 1. The first-order chi connectivity index (χ1) is 9.63. The lowest BCUT2D eigenvalue weighted by atomic mass is 9.99. The molecule has 0 saturated carbocycles. The van der Waals surface area contributed by atoms with Crippen LogP contribution in [0.15, 0.2) is 42.5 Å². The predicted octanol–water partition coefficient (Wildman–Crippen LogP) is 2.98. The Balaban J connectivity index is 2.27. The zero-order valence-corrected chi connectivity index (χ0v) is 12.0. The summed E-state index contributed by atoms with van der Waals surface area (Å²) in [5, 5.41) is 14.1. The summed E-state index contributed by atoms with van der Waals surface area (Å²) < 4.78 is 0. The Bertz CT molecular complexity index is 587. The minimum Gasteiger partial charge on any atom is -0.396 e. The SMILES string of the molecule is CC(C)C(CCO)NC(=O)c1cccc2ccccc12. The van der Waals surface area contributed by atoms with Crippen LogP contribution in [0.4, 0.5) is 0 Å². The molecular weight excluding hydrogens is 250 g/mol. The van der Waals surface area contributed by atoms with Gasteiger partial charge in [0.25, 0.3) is 5.91 Å². The van der Waals surface area contributed by atoms with Gasteiger partial charge in [0.1, 0.15) is 0 Å². The highest BCUT2D eigenvalue weighted by molar-refractivity contribution is 6.07. The Morgan fingerprint density at radius 1 is 1.15 bits per heavy atom. The van der Waals surface area contributed by atoms with Gasteiger partial charge in [0.05, 0.1) is 0 Å². The normalized spacial score (nSPS) is 12.6. The second-order valence-electron chi connectivity index (χ2n) is 5.36. The van der Waals surface area contributed by atoms with Crippen molar-refractivity contribution in [3.63, 3.8) is 0 Å². The largest absolute Gasteiger partial charge is 0.396 e. The number of carbonyl (C=O) groups excluding carboxylic acids is 1. The van der Waals surface area contributed by atoms with Gasteiger partial charge >= 0.3 is 0 Å². The highest BCUT2D eigenvalue weighted by Crippen LogP contribution is 2.19. The van der Waals surface area contributed by atoms with E-state index in [2.05, 4.69) is 5.32 Å². The molecule has 1 atom stereocenters. The molecule has 0 bridgehead atoms. The van der Waals surface area contributed by atoms with Crippen LogP contribution < -0.4 is 5.32 Å². The summed E-state index contributed by atoms with van der Waals surface area (Å²) in [6, 6.07) is 13.6. The first kappa shape index (κ1) is 14.5. The summed E-state index contributed by atoms with van der Waals surface area (Å²) in [4.78, 5) is 12.5. The van der Waals surface area contributed by atoms with Crippen LogP contribution in [-0.2, 0) is 0 Å². The zero-order valence-electron chi connectivity index (χ0n) is 12.0. The van der Waals surface area contributed by atoms with Gasteiger partial charge in [-0.05, 0) is 29.2 Å². The Labute approximate surface area is 119 Å². The molecule has 0 fully saturated rings. The number of rotatable bonds is 5. The average Bonchev–Trinajstić information content (AvgIpc) is 2.46. The third-order valence-corrected chi connectivity index (χ3v) is 3.60. The van der Waals surface area contributed by atoms with Crippen molar-refractivity contribution in [2.75, 3.05) is 6.61 Å². The number of aliphatic hydroxyl groups excluding tert-OH is 1. The van der Waals surface area contributed by atoms with Crippen LogP contribution in [0.1, 0.15) is 30.6 Å². The van der Waals surface area contributed by atoms with Gasteiger partial charge in [0.2, 0.25) is 0 Å². The van der Waals surface area contributed by atoms with Gasteiger partial charge in [0, 0.05) is 18.2 Å². The van der Waals surface area contributed by atoms with Crippen molar-refractivity contribution in [3.8, 4) is 0 Å². The van der Waals surface area contributed by atoms with Gasteiger partial charge in [-0.3, -0.25) is 4.79 Å². The van der Waals surface area contributed by atoms with E-state index in [-0.39, 0.29) is 18.6 Å². The van der Waals surface area contributed by atoms with Crippen LogP contribution in [0.3, 0.4) is 0 Å². The van der Waals surface area contributed by atoms with Crippen molar-refractivity contribution in [2.45, 2.75) is 26.3 Å². The molecule has 0 aliphatic rings. The molecular formula is C17H21NO2. The van der Waals surface area contributed by atoms with Crippen LogP contribution in [0.5, 0.6) is 0 Å². The predicted molar refractivity (Wildman–Crippen MR) is 81.7 cm³/mol. The van der Waals surface area contributed by atoms with E-state index in [4.69, 9.17) is 5.11 Å². The van der Waals surface area contributed by atoms with Gasteiger partial charge in [-0.25, -0.2) is 0 Å². The topological polar surface area (TPSA) is 49.3 Å². The summed E-state index contributed by atoms with van der Waals surface area (Å²) in [5.41, 5.74) is 0.687. The first-order valence-electron chi connectivity index (χ1n) is 7.03. The lowest BCUT2D eigenvalue weighted by Crippen LogP contribution is -2.39. The molecule has 2 aromatic carbocycles. The van der Waals surface area contributed by atoms with E-state index in [0.29, 0.717) is 17.9 Å². The van der Waals surface area contributed by atoms with Crippen LogP contribution >= 0.6 is 0 Å². The van der Waals surface area contributed by atoms with Crippen LogP contribution in [0.2, 0.25) is 0 Å². The fraction of sp³-hybridized carbons (Fsp3) is 0.353. The number of nitrogens with one attached hydrogen (secondary N) is 1. The third-order valence-electron chi connectivity index (χ3n) is 3.60. The van der Waals surface area contributed by atoms with Crippen LogP contribution in [-0.4, -0.2) is 23.7 Å². The maximum Gasteiger partial charge on any atom is 0.252 e. The van der Waals surface area contributed by atoms with Crippen molar-refractivity contribution >= 4 is 16.7 Å². The number of hydrogen-bond acceptors (Lipinski definition) is 2. The lowest BCUT2D eigenvalue weighted by molar-refractivity contribution is 0.0918. The maximum atomic E-state index is 12.5. The number of benzene rings is 2. The summed E-state index contributed by atoms with van der Waals surface area (Å²) in [7, 11) is 0. The summed E-state index contributed by atoms with van der Waals surface area (Å²) in [6.45, 7) is 4.17. The minimum absolute atomic E-state index is 0.00790. The van der Waals surface area contributed by atoms with E-state index < -0.39 is 0 Å². The molecule has 2 rings (SSSR count). The Hall–Kier alpha value is -1.87. The average molecular weight is 271 g/mol. The number of fused-ring (bicyclic) bond motifs is 1. The summed E-state index contributed by atoms with van der Waals surface area (Å²) in [5.74, 6) is 0.218. The van der Waals surface area contributed by atoms with E-state index >= 15 is 0 Å². The lowest BCUT2D eigenvalue weighted by Gasteiger charge is -2.22. The Kier molecular flexibility index (Phi) is 4.74. The highest BCUT2D eigenvalue weighted by Gasteiger charge is 2.17. The summed E-state index contributed by atoms with van der Waals surface area (Å²) >= 11 is 0. The highest BCUT2D eigenvalue weighted by atomic mass is 16.3. The van der Waals surface area contributed by atoms with Crippen molar-refractivity contribution in [1.29, 1.82) is 0 Å². The number of hydrogen-bond donors (Lipinski definition) is 2. The molecule has 3 nitrogen and oxygen atoms in total. The fourth-order valence-electron chi connectivity index (χ4n) is 2.38. The molecule has 0 radical (unpaired) electrons. The molecule has 20 heavy (non-hydrogen) atoms. The molecule has 0 aliphatic heterocycles. The molecule has 0 spiro atoms. The van der Waals surface area contributed by atoms with Crippen molar-refractivity contribution < 1.29 is 9.90 Å². The smallest absolute Gasteiger partial charge is 0.252 e. The number of carbonyl (C=O) groups is 1.